The topological polar surface area (TPSA) is 49.7 Å². The van der Waals surface area contributed by atoms with Crippen LogP contribution in [0.1, 0.15) is 19.4 Å². The van der Waals surface area contributed by atoms with E-state index in [0.29, 0.717) is 12.1 Å². The predicted molar refractivity (Wildman–Crippen MR) is 54.0 cm³/mol. The van der Waals surface area contributed by atoms with Crippen molar-refractivity contribution in [2.45, 2.75) is 26.0 Å². The number of ether oxygens (including phenoxy) is 1. The highest BCUT2D eigenvalue weighted by atomic mass is 19.4. The lowest BCUT2D eigenvalue weighted by Gasteiger charge is -2.27. The zero-order chi connectivity index (χ0) is 14.1. The summed E-state index contributed by atoms with van der Waals surface area (Å²) in [5.41, 5.74) is -0.667. The van der Waals surface area contributed by atoms with Gasteiger partial charge in [0.05, 0.1) is 5.56 Å². The first-order chi connectivity index (χ1) is 8.04. The molecule has 0 aliphatic rings. The van der Waals surface area contributed by atoms with Crippen molar-refractivity contribution >= 4 is 0 Å². The Morgan fingerprint density at radius 1 is 1.17 bits per heavy atom. The molecule has 2 N–H and O–H groups in total. The fourth-order valence-corrected chi connectivity index (χ4v) is 1.29. The van der Waals surface area contributed by atoms with E-state index in [-0.39, 0.29) is 0 Å². The van der Waals surface area contributed by atoms with Crippen molar-refractivity contribution in [1.29, 1.82) is 0 Å². The van der Waals surface area contributed by atoms with Gasteiger partial charge in [0, 0.05) is 5.92 Å². The molecule has 3 nitrogen and oxygen atoms in total. The van der Waals surface area contributed by atoms with Crippen LogP contribution in [-0.2, 0) is 5.79 Å². The summed E-state index contributed by atoms with van der Waals surface area (Å²) < 4.78 is 52.9. The van der Waals surface area contributed by atoms with E-state index >= 15 is 0 Å². The number of rotatable bonds is 3. The number of hydrogen-bond acceptors (Lipinski definition) is 3. The molecule has 0 saturated carbocycles. The van der Waals surface area contributed by atoms with Gasteiger partial charge in [-0.25, -0.2) is 4.39 Å². The molecule has 0 aromatic heterocycles. The maximum atomic E-state index is 13.4. The molecule has 1 aromatic rings. The van der Waals surface area contributed by atoms with Crippen LogP contribution in [0.2, 0.25) is 0 Å². The smallest absolute Gasteiger partial charge is 0.406 e. The minimum Gasteiger partial charge on any atom is -0.406 e. The summed E-state index contributed by atoms with van der Waals surface area (Å²) in [6.45, 7) is 2.77. The highest BCUT2D eigenvalue weighted by Crippen LogP contribution is 2.32. The van der Waals surface area contributed by atoms with Crippen molar-refractivity contribution in [3.8, 4) is 5.75 Å². The summed E-state index contributed by atoms with van der Waals surface area (Å²) in [6.07, 6.45) is -4.93. The highest BCUT2D eigenvalue weighted by molar-refractivity contribution is 5.32. The third kappa shape index (κ3) is 3.33. The van der Waals surface area contributed by atoms with E-state index in [9.17, 15) is 27.8 Å². The molecule has 18 heavy (non-hydrogen) atoms. The first kappa shape index (κ1) is 14.7. The van der Waals surface area contributed by atoms with Crippen molar-refractivity contribution in [1.82, 2.24) is 0 Å². The largest absolute Gasteiger partial charge is 0.573 e. The summed E-state index contributed by atoms with van der Waals surface area (Å²) >= 11 is 0. The quantitative estimate of drug-likeness (QED) is 0.654. The zero-order valence-corrected chi connectivity index (χ0v) is 9.62. The van der Waals surface area contributed by atoms with Crippen molar-refractivity contribution in [3.05, 3.63) is 29.6 Å². The Morgan fingerprint density at radius 3 is 2.17 bits per heavy atom. The molecule has 0 heterocycles. The van der Waals surface area contributed by atoms with Crippen molar-refractivity contribution in [3.63, 3.8) is 0 Å². The third-order valence-corrected chi connectivity index (χ3v) is 2.37. The summed E-state index contributed by atoms with van der Waals surface area (Å²) in [5, 5.41) is 19.3. The molecule has 1 rings (SSSR count). The van der Waals surface area contributed by atoms with Gasteiger partial charge in [-0.15, -0.1) is 13.2 Å². The minimum atomic E-state index is -4.93. The Morgan fingerprint density at radius 2 is 1.72 bits per heavy atom. The monoisotopic (exact) mass is 268 g/mol. The first-order valence-corrected chi connectivity index (χ1v) is 5.04. The van der Waals surface area contributed by atoms with Gasteiger partial charge < -0.3 is 14.9 Å². The van der Waals surface area contributed by atoms with Crippen molar-refractivity contribution < 1.29 is 32.5 Å². The molecule has 102 valence electrons. The lowest BCUT2D eigenvalue weighted by Crippen LogP contribution is -2.32. The number of hydrogen-bond donors (Lipinski definition) is 2. The molecule has 0 unspecified atom stereocenters. The SMILES string of the molecule is CC(C)C(O)(O)c1cc(OC(F)(F)F)ccc1F. The molecule has 0 radical (unpaired) electrons. The molecule has 0 spiro atoms. The van der Waals surface area contributed by atoms with Gasteiger partial charge in [0.15, 0.2) is 5.79 Å². The number of benzene rings is 1. The first-order valence-electron chi connectivity index (χ1n) is 5.04. The van der Waals surface area contributed by atoms with Gasteiger partial charge in [0.2, 0.25) is 0 Å². The average molecular weight is 268 g/mol. The summed E-state index contributed by atoms with van der Waals surface area (Å²) in [6, 6.07) is 2.05. The van der Waals surface area contributed by atoms with Crippen LogP contribution in [0, 0.1) is 11.7 Å². The van der Waals surface area contributed by atoms with E-state index in [1.807, 2.05) is 0 Å². The lowest BCUT2D eigenvalue weighted by molar-refractivity contribution is -0.275. The maximum absolute atomic E-state index is 13.4. The van der Waals surface area contributed by atoms with Gasteiger partial charge in [-0.05, 0) is 18.2 Å². The van der Waals surface area contributed by atoms with Crippen LogP contribution in [-0.4, -0.2) is 16.6 Å². The Labute approximate surface area is 101 Å². The molecule has 0 aliphatic carbocycles. The molecular weight excluding hydrogens is 256 g/mol. The van der Waals surface area contributed by atoms with Crippen LogP contribution in [0.3, 0.4) is 0 Å². The Kier molecular flexibility index (Phi) is 3.87. The summed E-state index contributed by atoms with van der Waals surface area (Å²) in [4.78, 5) is 0. The van der Waals surface area contributed by atoms with E-state index in [4.69, 9.17) is 0 Å². The van der Waals surface area contributed by atoms with E-state index < -0.39 is 35.2 Å². The fraction of sp³-hybridized carbons (Fsp3) is 0.455. The van der Waals surface area contributed by atoms with E-state index in [1.54, 1.807) is 0 Å². The maximum Gasteiger partial charge on any atom is 0.573 e. The second-order valence-electron chi connectivity index (χ2n) is 4.07. The van der Waals surface area contributed by atoms with Crippen LogP contribution in [0.5, 0.6) is 5.75 Å². The average Bonchev–Trinajstić information content (AvgIpc) is 2.18. The lowest BCUT2D eigenvalue weighted by atomic mass is 9.94. The van der Waals surface area contributed by atoms with Gasteiger partial charge in [0.1, 0.15) is 11.6 Å². The van der Waals surface area contributed by atoms with Gasteiger partial charge in [-0.3, -0.25) is 0 Å². The van der Waals surface area contributed by atoms with E-state index in [1.165, 1.54) is 13.8 Å². The van der Waals surface area contributed by atoms with Gasteiger partial charge in [-0.1, -0.05) is 13.8 Å². The number of halogens is 4. The molecular formula is C11H12F4O3. The molecule has 0 saturated heterocycles. The number of aliphatic hydroxyl groups is 2. The molecule has 0 atom stereocenters. The molecule has 0 amide bonds. The standard InChI is InChI=1S/C11H12F4O3/c1-6(2)10(16,17)8-5-7(3-4-9(8)12)18-11(13,14)15/h3-6,16-17H,1-2H3. The van der Waals surface area contributed by atoms with Gasteiger partial charge in [0.25, 0.3) is 0 Å². The van der Waals surface area contributed by atoms with Crippen LogP contribution in [0.4, 0.5) is 17.6 Å². The molecule has 7 heteroatoms. The van der Waals surface area contributed by atoms with Crippen LogP contribution < -0.4 is 4.74 Å². The van der Waals surface area contributed by atoms with E-state index in [0.717, 1.165) is 6.07 Å². The third-order valence-electron chi connectivity index (χ3n) is 2.37. The second kappa shape index (κ2) is 4.74. The summed E-state index contributed by atoms with van der Waals surface area (Å²) in [7, 11) is 0. The van der Waals surface area contributed by atoms with E-state index in [2.05, 4.69) is 4.74 Å². The second-order valence-corrected chi connectivity index (χ2v) is 4.07. The zero-order valence-electron chi connectivity index (χ0n) is 9.62. The molecule has 0 fully saturated rings. The molecule has 0 bridgehead atoms. The minimum absolute atomic E-state index is 0.614. The highest BCUT2D eigenvalue weighted by Gasteiger charge is 2.35. The summed E-state index contributed by atoms with van der Waals surface area (Å²) in [5.74, 6) is -5.13. The Balaban J connectivity index is 3.17. The molecule has 1 aromatic carbocycles. The molecule has 0 aliphatic heterocycles. The Hall–Kier alpha value is -1.34. The fourth-order valence-electron chi connectivity index (χ4n) is 1.29. The predicted octanol–water partition coefficient (Wildman–Crippen LogP) is 2.52. The normalized spacial score (nSPS) is 12.9. The number of alkyl halides is 3. The van der Waals surface area contributed by atoms with Crippen molar-refractivity contribution in [2.75, 3.05) is 0 Å². The van der Waals surface area contributed by atoms with Crippen LogP contribution in [0.25, 0.3) is 0 Å². The van der Waals surface area contributed by atoms with Crippen LogP contribution >= 0.6 is 0 Å². The van der Waals surface area contributed by atoms with Crippen molar-refractivity contribution in [2.24, 2.45) is 5.92 Å². The Bertz CT molecular complexity index is 427. The van der Waals surface area contributed by atoms with Crippen LogP contribution in [0.15, 0.2) is 18.2 Å². The van der Waals surface area contributed by atoms with Gasteiger partial charge >= 0.3 is 6.36 Å². The van der Waals surface area contributed by atoms with Gasteiger partial charge in [-0.2, -0.15) is 0 Å².